The van der Waals surface area contributed by atoms with E-state index in [2.05, 4.69) is 0 Å². The zero-order chi connectivity index (χ0) is 21.5. The van der Waals surface area contributed by atoms with Gasteiger partial charge in [0, 0.05) is 35.5 Å². The van der Waals surface area contributed by atoms with Gasteiger partial charge in [-0.15, -0.1) is 0 Å². The molecule has 31 heavy (non-hydrogen) atoms. The second-order valence-corrected chi connectivity index (χ2v) is 7.91. The summed E-state index contributed by atoms with van der Waals surface area (Å²) in [6, 6.07) is 13.8. The van der Waals surface area contributed by atoms with Crippen molar-refractivity contribution in [2.24, 2.45) is 0 Å². The number of benzene rings is 2. The second-order valence-electron chi connectivity index (χ2n) is 7.91. The van der Waals surface area contributed by atoms with Crippen LogP contribution in [0.15, 0.2) is 56.1 Å². The molecule has 0 bridgehead atoms. The van der Waals surface area contributed by atoms with Gasteiger partial charge in [0.05, 0.1) is 25.2 Å². The third kappa shape index (κ3) is 3.43. The van der Waals surface area contributed by atoms with Gasteiger partial charge in [-0.2, -0.15) is 0 Å². The fraction of sp³-hybridized carbons (Fsp3) is 0.280. The van der Waals surface area contributed by atoms with Gasteiger partial charge in [-0.05, 0) is 31.0 Å². The van der Waals surface area contributed by atoms with Crippen molar-refractivity contribution >= 4 is 27.8 Å². The van der Waals surface area contributed by atoms with Gasteiger partial charge in [0.25, 0.3) is 0 Å². The maximum atomic E-state index is 12.7. The molecular formula is C25H23NO5. The maximum Gasteiger partial charge on any atom is 0.340 e. The van der Waals surface area contributed by atoms with Gasteiger partial charge in [-0.1, -0.05) is 30.3 Å². The third-order valence-electron chi connectivity index (χ3n) is 6.03. The van der Waals surface area contributed by atoms with Crippen molar-refractivity contribution in [1.82, 2.24) is 4.90 Å². The average Bonchev–Trinajstić information content (AvgIpc) is 3.11. The molecular weight excluding hydrogens is 394 g/mol. The number of furan rings is 1. The lowest BCUT2D eigenvalue weighted by atomic mass is 9.98. The third-order valence-corrected chi connectivity index (χ3v) is 6.03. The Balaban J connectivity index is 1.63. The minimum Gasteiger partial charge on any atom is -0.461 e. The Labute approximate surface area is 179 Å². The smallest absolute Gasteiger partial charge is 0.340 e. The molecule has 5 rings (SSSR count). The van der Waals surface area contributed by atoms with Crippen LogP contribution in [0.25, 0.3) is 33.1 Å². The quantitative estimate of drug-likeness (QED) is 0.467. The number of ether oxygens (including phenoxy) is 1. The summed E-state index contributed by atoms with van der Waals surface area (Å²) < 4.78 is 16.9. The molecule has 0 atom stereocenters. The summed E-state index contributed by atoms with van der Waals surface area (Å²) in [5.74, 6) is 0.725. The van der Waals surface area contributed by atoms with E-state index in [9.17, 15) is 9.59 Å². The van der Waals surface area contributed by atoms with Crippen LogP contribution < -0.4 is 5.63 Å². The standard InChI is InChI=1S/C25H23NO5/c1-15-18-12-20-22(30-16(2)24(20)17-6-4-3-5-7-17)14-21(18)31-25(28)19(15)13-23(27)26-8-10-29-11-9-26/h3-7,12,14H,8-11,13H2,1-2H3. The van der Waals surface area contributed by atoms with Crippen LogP contribution in [0.2, 0.25) is 0 Å². The maximum absolute atomic E-state index is 12.7. The van der Waals surface area contributed by atoms with Crippen molar-refractivity contribution in [2.45, 2.75) is 20.3 Å². The number of rotatable bonds is 3. The summed E-state index contributed by atoms with van der Waals surface area (Å²) in [4.78, 5) is 27.2. The van der Waals surface area contributed by atoms with Crippen molar-refractivity contribution in [3.05, 3.63) is 69.8 Å². The molecule has 6 heteroatoms. The van der Waals surface area contributed by atoms with Crippen LogP contribution in [0.1, 0.15) is 16.9 Å². The number of hydrogen-bond donors (Lipinski definition) is 0. The minimum atomic E-state index is -0.475. The van der Waals surface area contributed by atoms with Gasteiger partial charge in [-0.25, -0.2) is 4.79 Å². The summed E-state index contributed by atoms with van der Waals surface area (Å²) in [6.07, 6.45) is 0.0259. The highest BCUT2D eigenvalue weighted by Gasteiger charge is 2.22. The highest BCUT2D eigenvalue weighted by Crippen LogP contribution is 2.37. The van der Waals surface area contributed by atoms with E-state index in [1.165, 1.54) is 0 Å². The number of carbonyl (C=O) groups excluding carboxylic acids is 1. The van der Waals surface area contributed by atoms with Crippen LogP contribution in [0, 0.1) is 13.8 Å². The van der Waals surface area contributed by atoms with Crippen LogP contribution >= 0.6 is 0 Å². The minimum absolute atomic E-state index is 0.0259. The summed E-state index contributed by atoms with van der Waals surface area (Å²) in [5, 5.41) is 1.77. The van der Waals surface area contributed by atoms with E-state index in [1.54, 1.807) is 11.0 Å². The first-order valence-electron chi connectivity index (χ1n) is 10.4. The molecule has 2 aromatic carbocycles. The fourth-order valence-electron chi connectivity index (χ4n) is 4.35. The van der Waals surface area contributed by atoms with Crippen LogP contribution in [-0.2, 0) is 16.0 Å². The van der Waals surface area contributed by atoms with Crippen molar-refractivity contribution in [1.29, 1.82) is 0 Å². The molecule has 158 valence electrons. The highest BCUT2D eigenvalue weighted by atomic mass is 16.5. The van der Waals surface area contributed by atoms with Gasteiger partial charge in [0.2, 0.25) is 5.91 Å². The molecule has 1 fully saturated rings. The summed E-state index contributed by atoms with van der Waals surface area (Å²) in [7, 11) is 0. The molecule has 0 N–H and O–H groups in total. The second kappa shape index (κ2) is 7.71. The predicted octanol–water partition coefficient (Wildman–Crippen LogP) is 4.22. The lowest BCUT2D eigenvalue weighted by molar-refractivity contribution is -0.134. The molecule has 0 spiro atoms. The molecule has 0 unspecified atom stereocenters. The highest BCUT2D eigenvalue weighted by molar-refractivity contribution is 6.03. The molecule has 3 heterocycles. The monoisotopic (exact) mass is 417 g/mol. The number of carbonyl (C=O) groups is 1. The number of hydrogen-bond acceptors (Lipinski definition) is 5. The number of aryl methyl sites for hydroxylation is 2. The number of morpholine rings is 1. The SMILES string of the molecule is Cc1oc2cc3oc(=O)c(CC(=O)N4CCOCC4)c(C)c3cc2c1-c1ccccc1. The molecule has 1 amide bonds. The molecule has 2 aromatic heterocycles. The normalized spacial score (nSPS) is 14.5. The van der Waals surface area contributed by atoms with Crippen molar-refractivity contribution < 1.29 is 18.4 Å². The molecule has 4 aromatic rings. The first-order chi connectivity index (χ1) is 15.0. The first kappa shape index (κ1) is 19.6. The summed E-state index contributed by atoms with van der Waals surface area (Å²) >= 11 is 0. The first-order valence-corrected chi connectivity index (χ1v) is 10.4. The number of nitrogens with zero attached hydrogens (tertiary/aromatic N) is 1. The molecule has 0 radical (unpaired) electrons. The Morgan fingerprint density at radius 3 is 2.42 bits per heavy atom. The Morgan fingerprint density at radius 2 is 1.68 bits per heavy atom. The van der Waals surface area contributed by atoms with E-state index in [0.717, 1.165) is 33.2 Å². The lowest BCUT2D eigenvalue weighted by Crippen LogP contribution is -2.42. The Hall–Kier alpha value is -3.38. The van der Waals surface area contributed by atoms with E-state index in [0.29, 0.717) is 43.0 Å². The number of amides is 1. The van der Waals surface area contributed by atoms with Crippen molar-refractivity contribution in [3.63, 3.8) is 0 Å². The van der Waals surface area contributed by atoms with Crippen LogP contribution in [0.5, 0.6) is 0 Å². The summed E-state index contributed by atoms with van der Waals surface area (Å²) in [6.45, 7) is 5.96. The number of fused-ring (bicyclic) bond motifs is 2. The van der Waals surface area contributed by atoms with Crippen LogP contribution in [0.4, 0.5) is 0 Å². The predicted molar refractivity (Wildman–Crippen MR) is 118 cm³/mol. The molecule has 6 nitrogen and oxygen atoms in total. The molecule has 0 aliphatic carbocycles. The van der Waals surface area contributed by atoms with Crippen molar-refractivity contribution in [3.8, 4) is 11.1 Å². The van der Waals surface area contributed by atoms with E-state index in [-0.39, 0.29) is 12.3 Å². The Morgan fingerprint density at radius 1 is 0.968 bits per heavy atom. The van der Waals surface area contributed by atoms with E-state index in [1.807, 2.05) is 50.2 Å². The Bertz CT molecular complexity index is 1340. The molecule has 1 aliphatic heterocycles. The van der Waals surface area contributed by atoms with Gasteiger partial charge in [0.15, 0.2) is 0 Å². The van der Waals surface area contributed by atoms with Gasteiger partial charge in [-0.3, -0.25) is 4.79 Å². The van der Waals surface area contributed by atoms with Gasteiger partial charge in [0.1, 0.15) is 16.9 Å². The summed E-state index contributed by atoms with van der Waals surface area (Å²) in [5.41, 5.74) is 3.93. The van der Waals surface area contributed by atoms with Gasteiger partial charge < -0.3 is 18.5 Å². The van der Waals surface area contributed by atoms with Crippen LogP contribution in [0.3, 0.4) is 0 Å². The van der Waals surface area contributed by atoms with Crippen molar-refractivity contribution in [2.75, 3.05) is 26.3 Å². The van der Waals surface area contributed by atoms with E-state index < -0.39 is 5.63 Å². The van der Waals surface area contributed by atoms with E-state index in [4.69, 9.17) is 13.6 Å². The lowest BCUT2D eigenvalue weighted by Gasteiger charge is -2.26. The van der Waals surface area contributed by atoms with Gasteiger partial charge >= 0.3 is 5.63 Å². The zero-order valence-corrected chi connectivity index (χ0v) is 17.6. The fourth-order valence-corrected chi connectivity index (χ4v) is 4.35. The van der Waals surface area contributed by atoms with E-state index >= 15 is 0 Å². The zero-order valence-electron chi connectivity index (χ0n) is 17.6. The molecule has 1 aliphatic rings. The Kier molecular flexibility index (Phi) is 4.87. The van der Waals surface area contributed by atoms with Crippen LogP contribution in [-0.4, -0.2) is 37.1 Å². The molecule has 1 saturated heterocycles. The average molecular weight is 417 g/mol. The topological polar surface area (TPSA) is 72.9 Å². The molecule has 0 saturated carbocycles. The largest absolute Gasteiger partial charge is 0.461 e.